The maximum atomic E-state index is 12.7. The highest BCUT2D eigenvalue weighted by atomic mass is 35.5. The predicted molar refractivity (Wildman–Crippen MR) is 78.7 cm³/mol. The van der Waals surface area contributed by atoms with E-state index in [0.29, 0.717) is 17.6 Å². The van der Waals surface area contributed by atoms with Crippen molar-refractivity contribution < 1.29 is 4.79 Å². The van der Waals surface area contributed by atoms with Crippen molar-refractivity contribution in [3.05, 3.63) is 35.4 Å². The van der Waals surface area contributed by atoms with Crippen LogP contribution in [0.4, 0.5) is 0 Å². The van der Waals surface area contributed by atoms with Crippen molar-refractivity contribution >= 4 is 17.5 Å². The molecule has 0 spiro atoms. The Labute approximate surface area is 128 Å². The Bertz CT molecular complexity index is 645. The van der Waals surface area contributed by atoms with Crippen LogP contribution in [0.15, 0.2) is 24.8 Å². The molecule has 0 saturated heterocycles. The van der Waals surface area contributed by atoms with Crippen molar-refractivity contribution in [1.29, 1.82) is 0 Å². The monoisotopic (exact) mass is 307 g/mol. The summed E-state index contributed by atoms with van der Waals surface area (Å²) in [5.74, 6) is 0.0705. The molecule has 1 atom stereocenters. The van der Waals surface area contributed by atoms with Gasteiger partial charge in [0.1, 0.15) is 6.04 Å². The molecule has 1 fully saturated rings. The molecule has 2 aromatic heterocycles. The van der Waals surface area contributed by atoms with Gasteiger partial charge in [-0.1, -0.05) is 11.6 Å². The van der Waals surface area contributed by atoms with E-state index in [9.17, 15) is 4.79 Å². The summed E-state index contributed by atoms with van der Waals surface area (Å²) in [6.07, 6.45) is 9.11. The third kappa shape index (κ3) is 3.10. The minimum atomic E-state index is -0.352. The van der Waals surface area contributed by atoms with Crippen LogP contribution in [0.5, 0.6) is 0 Å². The van der Waals surface area contributed by atoms with Crippen LogP contribution >= 0.6 is 11.6 Å². The van der Waals surface area contributed by atoms with E-state index in [1.54, 1.807) is 28.0 Å². The number of aromatic nitrogens is 4. The molecule has 0 radical (unpaired) electrons. The highest BCUT2D eigenvalue weighted by Crippen LogP contribution is 2.30. The lowest BCUT2D eigenvalue weighted by atomic mass is 10.2. The standard InChI is InChI=1S/C14H18ClN5O/c1-10(20-9-12(15)6-17-20)14(21)19(13-3-4-13)8-11-5-16-18(2)7-11/h5-7,9-10,13H,3-4,8H2,1-2H3. The third-order valence-corrected chi connectivity index (χ3v) is 3.90. The molecule has 1 aliphatic carbocycles. The Morgan fingerprint density at radius 2 is 2.19 bits per heavy atom. The number of carbonyl (C=O) groups is 1. The normalized spacial score (nSPS) is 16.0. The zero-order chi connectivity index (χ0) is 15.0. The predicted octanol–water partition coefficient (Wildman–Crippen LogP) is 2.02. The van der Waals surface area contributed by atoms with Crippen LogP contribution in [0.3, 0.4) is 0 Å². The maximum absolute atomic E-state index is 12.7. The van der Waals surface area contributed by atoms with Gasteiger partial charge in [-0.15, -0.1) is 0 Å². The number of nitrogens with zero attached hydrogens (tertiary/aromatic N) is 5. The topological polar surface area (TPSA) is 56.0 Å². The van der Waals surface area contributed by atoms with Gasteiger partial charge in [-0.25, -0.2) is 0 Å². The molecule has 6 nitrogen and oxygen atoms in total. The lowest BCUT2D eigenvalue weighted by Crippen LogP contribution is -2.37. The number of amides is 1. The lowest BCUT2D eigenvalue weighted by molar-refractivity contribution is -0.135. The second-order valence-electron chi connectivity index (χ2n) is 5.53. The second-order valence-corrected chi connectivity index (χ2v) is 5.97. The fourth-order valence-corrected chi connectivity index (χ4v) is 2.55. The molecule has 1 aliphatic rings. The lowest BCUT2D eigenvalue weighted by Gasteiger charge is -2.25. The summed E-state index contributed by atoms with van der Waals surface area (Å²) in [6.45, 7) is 2.45. The first-order valence-corrected chi connectivity index (χ1v) is 7.40. The first-order valence-electron chi connectivity index (χ1n) is 7.02. The summed E-state index contributed by atoms with van der Waals surface area (Å²) in [5, 5.41) is 8.83. The van der Waals surface area contributed by atoms with Crippen LogP contribution in [0.1, 0.15) is 31.4 Å². The Kier molecular flexibility index (Phi) is 3.71. The van der Waals surface area contributed by atoms with Gasteiger partial charge >= 0.3 is 0 Å². The molecule has 0 aliphatic heterocycles. The van der Waals surface area contributed by atoms with Gasteiger partial charge in [0.2, 0.25) is 5.91 Å². The van der Waals surface area contributed by atoms with Crippen LogP contribution in [0.2, 0.25) is 5.02 Å². The molecule has 1 unspecified atom stereocenters. The zero-order valence-electron chi connectivity index (χ0n) is 12.1. The van der Waals surface area contributed by atoms with Gasteiger partial charge in [-0.2, -0.15) is 10.2 Å². The Balaban J connectivity index is 1.75. The van der Waals surface area contributed by atoms with Gasteiger partial charge < -0.3 is 4.90 Å². The molecule has 3 rings (SSSR count). The molecule has 112 valence electrons. The minimum absolute atomic E-state index is 0.0705. The van der Waals surface area contributed by atoms with Gasteiger partial charge in [0.05, 0.1) is 17.4 Å². The van der Waals surface area contributed by atoms with Gasteiger partial charge in [-0.3, -0.25) is 14.2 Å². The molecule has 0 bridgehead atoms. The van der Waals surface area contributed by atoms with E-state index in [0.717, 1.165) is 18.4 Å². The average molecular weight is 308 g/mol. The van der Waals surface area contributed by atoms with E-state index in [4.69, 9.17) is 11.6 Å². The highest BCUT2D eigenvalue weighted by molar-refractivity contribution is 6.30. The van der Waals surface area contributed by atoms with Gasteiger partial charge in [0.25, 0.3) is 0 Å². The van der Waals surface area contributed by atoms with E-state index < -0.39 is 0 Å². The van der Waals surface area contributed by atoms with Crippen LogP contribution in [0, 0.1) is 0 Å². The van der Waals surface area contributed by atoms with E-state index in [2.05, 4.69) is 10.2 Å². The molecule has 2 aromatic rings. The molecule has 21 heavy (non-hydrogen) atoms. The fraction of sp³-hybridized carbons (Fsp3) is 0.500. The quantitative estimate of drug-likeness (QED) is 0.849. The summed E-state index contributed by atoms with van der Waals surface area (Å²) >= 11 is 5.88. The summed E-state index contributed by atoms with van der Waals surface area (Å²) in [7, 11) is 1.88. The largest absolute Gasteiger partial charge is 0.333 e. The smallest absolute Gasteiger partial charge is 0.247 e. The Hall–Kier alpha value is -1.82. The minimum Gasteiger partial charge on any atom is -0.333 e. The number of hydrogen-bond donors (Lipinski definition) is 0. The van der Waals surface area contributed by atoms with Crippen molar-refractivity contribution in [2.45, 2.75) is 38.4 Å². The van der Waals surface area contributed by atoms with Crippen molar-refractivity contribution in [2.24, 2.45) is 7.05 Å². The maximum Gasteiger partial charge on any atom is 0.247 e. The highest BCUT2D eigenvalue weighted by Gasteiger charge is 2.35. The summed E-state index contributed by atoms with van der Waals surface area (Å²) < 4.78 is 3.37. The van der Waals surface area contributed by atoms with Crippen LogP contribution in [-0.2, 0) is 18.4 Å². The summed E-state index contributed by atoms with van der Waals surface area (Å²) in [6, 6.07) is -0.0130. The number of rotatable bonds is 5. The first-order chi connectivity index (χ1) is 10.0. The molecule has 0 aromatic carbocycles. The first kappa shape index (κ1) is 14.1. The average Bonchev–Trinajstić information content (AvgIpc) is 3.08. The van der Waals surface area contributed by atoms with Crippen molar-refractivity contribution in [3.63, 3.8) is 0 Å². The van der Waals surface area contributed by atoms with Crippen LogP contribution < -0.4 is 0 Å². The number of aryl methyl sites for hydroxylation is 1. The Morgan fingerprint density at radius 1 is 1.43 bits per heavy atom. The number of halogens is 1. The molecule has 1 saturated carbocycles. The molecule has 1 amide bonds. The summed E-state index contributed by atoms with van der Waals surface area (Å²) in [5.41, 5.74) is 1.04. The van der Waals surface area contributed by atoms with Crippen LogP contribution in [0.25, 0.3) is 0 Å². The SMILES string of the molecule is CC(C(=O)N(Cc1cnn(C)c1)C1CC1)n1cc(Cl)cn1. The number of carbonyl (C=O) groups excluding carboxylic acids is 1. The second kappa shape index (κ2) is 5.52. The van der Waals surface area contributed by atoms with Crippen molar-refractivity contribution in [2.75, 3.05) is 0 Å². The van der Waals surface area contributed by atoms with Crippen LogP contribution in [-0.4, -0.2) is 36.4 Å². The summed E-state index contributed by atoms with van der Waals surface area (Å²) in [4.78, 5) is 14.7. The van der Waals surface area contributed by atoms with Crippen molar-refractivity contribution in [1.82, 2.24) is 24.5 Å². The molecular weight excluding hydrogens is 290 g/mol. The van der Waals surface area contributed by atoms with E-state index in [1.807, 2.05) is 25.1 Å². The molecule has 0 N–H and O–H groups in total. The van der Waals surface area contributed by atoms with Gasteiger partial charge in [-0.05, 0) is 19.8 Å². The fourth-order valence-electron chi connectivity index (χ4n) is 2.40. The molecule has 2 heterocycles. The number of hydrogen-bond acceptors (Lipinski definition) is 3. The van der Waals surface area contributed by atoms with E-state index in [1.165, 1.54) is 0 Å². The van der Waals surface area contributed by atoms with Gasteiger partial charge in [0.15, 0.2) is 0 Å². The molecule has 7 heteroatoms. The van der Waals surface area contributed by atoms with E-state index in [-0.39, 0.29) is 11.9 Å². The third-order valence-electron chi connectivity index (χ3n) is 3.71. The Morgan fingerprint density at radius 3 is 2.71 bits per heavy atom. The van der Waals surface area contributed by atoms with E-state index >= 15 is 0 Å². The van der Waals surface area contributed by atoms with Gasteiger partial charge in [0, 0.05) is 37.6 Å². The van der Waals surface area contributed by atoms with Crippen molar-refractivity contribution in [3.8, 4) is 0 Å². The zero-order valence-corrected chi connectivity index (χ0v) is 12.9. The molecular formula is C14H18ClN5O.